The maximum Gasteiger partial charge on any atom is 0.331 e. The highest BCUT2D eigenvalue weighted by atomic mass is 16.8. The van der Waals surface area contributed by atoms with Crippen molar-refractivity contribution >= 4 is 12.0 Å². The van der Waals surface area contributed by atoms with Crippen LogP contribution in [0.25, 0.3) is 6.08 Å². The van der Waals surface area contributed by atoms with Crippen LogP contribution in [0.2, 0.25) is 0 Å². The Morgan fingerprint density at radius 1 is 0.736 bits per heavy atom. The minimum absolute atomic E-state index is 0.136. The number of phenols is 4. The van der Waals surface area contributed by atoms with Crippen molar-refractivity contribution in [1.29, 1.82) is 0 Å². The van der Waals surface area contributed by atoms with E-state index in [9.17, 15) is 61.0 Å². The Morgan fingerprint density at radius 2 is 1.42 bits per heavy atom. The molecule has 0 aliphatic carbocycles. The van der Waals surface area contributed by atoms with E-state index in [1.807, 2.05) is 0 Å². The lowest BCUT2D eigenvalue weighted by Gasteiger charge is -2.47. The van der Waals surface area contributed by atoms with E-state index in [2.05, 4.69) is 0 Å². The number of esters is 1. The van der Waals surface area contributed by atoms with Gasteiger partial charge < -0.3 is 89.3 Å². The minimum Gasteiger partial charge on any atom is -0.504 e. The molecule has 3 aliphatic heterocycles. The molecule has 0 spiro atoms. The van der Waals surface area contributed by atoms with Gasteiger partial charge in [0, 0.05) is 6.08 Å². The Morgan fingerprint density at radius 3 is 2.11 bits per heavy atom. The fourth-order valence-corrected chi connectivity index (χ4v) is 5.86. The van der Waals surface area contributed by atoms with E-state index in [-0.39, 0.29) is 30.1 Å². The first-order valence-electron chi connectivity index (χ1n) is 16.6. The number of phenolic OH excluding ortho intramolecular Hbond substituents is 4. The van der Waals surface area contributed by atoms with Gasteiger partial charge in [-0.2, -0.15) is 0 Å². The zero-order chi connectivity index (χ0) is 38.6. The average molecular weight is 757 g/mol. The van der Waals surface area contributed by atoms with Crippen LogP contribution in [0.5, 0.6) is 23.0 Å². The molecular weight excluding hydrogens is 712 g/mol. The highest BCUT2D eigenvalue weighted by Crippen LogP contribution is 2.33. The van der Waals surface area contributed by atoms with Crippen molar-refractivity contribution in [3.8, 4) is 23.0 Å². The number of rotatable bonds is 12. The lowest BCUT2D eigenvalue weighted by molar-refractivity contribution is -0.362. The van der Waals surface area contributed by atoms with Crippen LogP contribution >= 0.6 is 0 Å². The third-order valence-electron chi connectivity index (χ3n) is 8.97. The molecule has 3 fully saturated rings. The normalized spacial score (nSPS) is 36.4. The minimum atomic E-state index is -1.86. The first-order valence-corrected chi connectivity index (χ1v) is 16.6. The second kappa shape index (κ2) is 17.6. The first kappa shape index (κ1) is 40.5. The van der Waals surface area contributed by atoms with Crippen LogP contribution in [-0.2, 0) is 44.4 Å². The van der Waals surface area contributed by atoms with Crippen molar-refractivity contribution in [2.24, 2.45) is 0 Å². The molecule has 294 valence electrons. The molecule has 3 aliphatic rings. The van der Waals surface area contributed by atoms with Crippen LogP contribution in [0.3, 0.4) is 0 Å². The predicted molar refractivity (Wildman–Crippen MR) is 174 cm³/mol. The van der Waals surface area contributed by atoms with Crippen molar-refractivity contribution in [1.82, 2.24) is 0 Å². The SMILES string of the molecule is CC1O[C@@H](O[C@@H]2C(O)[C@H](OCCc3ccc(O)c(O)c3)OC(CO[C@@H]3OC[C@@H](O)[C@@H](O)C3O)[C@@H]2OC(=O)C=Cc2ccc(O)c(O)c2)C(O)[C@@H](O)[C@H]1O. The van der Waals surface area contributed by atoms with Crippen LogP contribution in [0.15, 0.2) is 42.5 Å². The number of aromatic hydroxyl groups is 4. The third-order valence-corrected chi connectivity index (χ3v) is 8.97. The van der Waals surface area contributed by atoms with Crippen molar-refractivity contribution in [2.45, 2.75) is 99.4 Å². The average Bonchev–Trinajstić information content (AvgIpc) is 3.13. The Hall–Kier alpha value is -3.67. The molecule has 2 aromatic rings. The van der Waals surface area contributed by atoms with Gasteiger partial charge in [0.2, 0.25) is 0 Å². The molecule has 5 unspecified atom stereocenters. The molecule has 14 atom stereocenters. The molecule has 0 saturated carbocycles. The number of hydrogen-bond acceptors (Lipinski definition) is 19. The summed E-state index contributed by atoms with van der Waals surface area (Å²) in [5.41, 5.74) is 0.813. The number of aliphatic hydroxyl groups excluding tert-OH is 7. The zero-order valence-corrected chi connectivity index (χ0v) is 28.2. The number of carbonyl (C=O) groups excluding carboxylic acids is 1. The first-order chi connectivity index (χ1) is 25.1. The molecule has 11 N–H and O–H groups in total. The predicted octanol–water partition coefficient (Wildman–Crippen LogP) is -2.55. The number of aliphatic hydroxyl groups is 7. The second-order valence-corrected chi connectivity index (χ2v) is 12.8. The van der Waals surface area contributed by atoms with Crippen LogP contribution in [0.4, 0.5) is 0 Å². The standard InChI is InChI=1S/C34H44O19/c1-14-24(41)26(43)28(45)34(50-14)53-31-29(46)33(47-9-8-16-3-6-18(36)20(38)11-16)51-22(13-49-32-27(44)25(42)21(39)12-48-32)30(31)52-23(40)7-4-15-2-5-17(35)19(37)10-15/h2-7,10-11,14,21-22,24-39,41-46H,8-9,12-13H2,1H3/t14?,21-,22?,24+,25-,26+,27?,28?,29?,30+,31-,32+,33-,34+/m1/s1. The van der Waals surface area contributed by atoms with E-state index in [0.717, 1.165) is 6.08 Å². The molecular formula is C34H44O19. The molecule has 0 radical (unpaired) electrons. The van der Waals surface area contributed by atoms with Crippen LogP contribution in [0.1, 0.15) is 18.1 Å². The molecule has 5 rings (SSSR count). The number of carbonyl (C=O) groups is 1. The van der Waals surface area contributed by atoms with Gasteiger partial charge in [-0.05, 0) is 54.8 Å². The summed E-state index contributed by atoms with van der Waals surface area (Å²) in [5, 5.41) is 112. The lowest BCUT2D eigenvalue weighted by Crippen LogP contribution is -2.65. The molecule has 19 nitrogen and oxygen atoms in total. The van der Waals surface area contributed by atoms with Gasteiger partial charge in [-0.1, -0.05) is 12.1 Å². The van der Waals surface area contributed by atoms with Crippen molar-refractivity contribution in [3.05, 3.63) is 53.6 Å². The monoisotopic (exact) mass is 756 g/mol. The van der Waals surface area contributed by atoms with Gasteiger partial charge in [0.15, 0.2) is 48.0 Å². The summed E-state index contributed by atoms with van der Waals surface area (Å²) in [6.07, 6.45) is -20.0. The molecule has 3 heterocycles. The quantitative estimate of drug-likeness (QED) is 0.0603. The van der Waals surface area contributed by atoms with E-state index in [0.29, 0.717) is 5.56 Å². The molecule has 0 bridgehead atoms. The van der Waals surface area contributed by atoms with E-state index in [1.54, 1.807) is 0 Å². The zero-order valence-electron chi connectivity index (χ0n) is 28.2. The van der Waals surface area contributed by atoms with Crippen LogP contribution in [0, 0.1) is 0 Å². The summed E-state index contributed by atoms with van der Waals surface area (Å²) in [5.74, 6) is -2.62. The maximum atomic E-state index is 13.2. The Bertz CT molecular complexity index is 1560. The van der Waals surface area contributed by atoms with Gasteiger partial charge >= 0.3 is 5.97 Å². The molecule has 2 aromatic carbocycles. The Balaban J connectivity index is 1.42. The van der Waals surface area contributed by atoms with Crippen molar-refractivity contribution in [3.63, 3.8) is 0 Å². The molecule has 19 heteroatoms. The van der Waals surface area contributed by atoms with Gasteiger partial charge in [-0.15, -0.1) is 0 Å². The van der Waals surface area contributed by atoms with Crippen LogP contribution < -0.4 is 0 Å². The molecule has 0 amide bonds. The smallest absolute Gasteiger partial charge is 0.331 e. The summed E-state index contributed by atoms with van der Waals surface area (Å²) in [6, 6.07) is 7.83. The molecule has 0 aromatic heterocycles. The van der Waals surface area contributed by atoms with Gasteiger partial charge in [0.1, 0.15) is 54.9 Å². The van der Waals surface area contributed by atoms with Gasteiger partial charge in [0.05, 0.1) is 25.9 Å². The molecule has 3 saturated heterocycles. The summed E-state index contributed by atoms with van der Waals surface area (Å²) >= 11 is 0. The fraction of sp³-hybridized carbons (Fsp3) is 0.559. The number of benzene rings is 2. The van der Waals surface area contributed by atoms with E-state index < -0.39 is 117 Å². The Kier molecular flexibility index (Phi) is 13.5. The fourth-order valence-electron chi connectivity index (χ4n) is 5.86. The summed E-state index contributed by atoms with van der Waals surface area (Å²) in [6.45, 7) is 0.237. The number of ether oxygens (including phenoxy) is 7. The highest BCUT2D eigenvalue weighted by Gasteiger charge is 2.53. The number of hydrogen-bond donors (Lipinski definition) is 11. The third kappa shape index (κ3) is 9.72. The highest BCUT2D eigenvalue weighted by molar-refractivity contribution is 5.87. The largest absolute Gasteiger partial charge is 0.504 e. The van der Waals surface area contributed by atoms with Gasteiger partial charge in [-0.25, -0.2) is 4.79 Å². The summed E-state index contributed by atoms with van der Waals surface area (Å²) in [7, 11) is 0. The van der Waals surface area contributed by atoms with Gasteiger partial charge in [-0.3, -0.25) is 0 Å². The van der Waals surface area contributed by atoms with Crippen molar-refractivity contribution in [2.75, 3.05) is 19.8 Å². The summed E-state index contributed by atoms with van der Waals surface area (Å²) in [4.78, 5) is 13.2. The lowest BCUT2D eigenvalue weighted by atomic mass is 9.96. The van der Waals surface area contributed by atoms with E-state index in [4.69, 9.17) is 33.2 Å². The van der Waals surface area contributed by atoms with Gasteiger partial charge in [0.25, 0.3) is 0 Å². The Labute approximate surface area is 302 Å². The van der Waals surface area contributed by atoms with Crippen LogP contribution in [-0.4, -0.2) is 168 Å². The molecule has 53 heavy (non-hydrogen) atoms. The van der Waals surface area contributed by atoms with E-state index >= 15 is 0 Å². The summed E-state index contributed by atoms with van der Waals surface area (Å²) < 4.78 is 40.1. The second-order valence-electron chi connectivity index (χ2n) is 12.8. The van der Waals surface area contributed by atoms with Crippen molar-refractivity contribution < 1.29 is 94.1 Å². The maximum absolute atomic E-state index is 13.2. The van der Waals surface area contributed by atoms with E-state index in [1.165, 1.54) is 49.4 Å². The topological polar surface area (TPSA) is 304 Å².